The molecule has 2 saturated carbocycles. The van der Waals surface area contributed by atoms with E-state index in [1.54, 1.807) is 30.8 Å². The standard InChI is InChI=1S/C24H26N2O4S/c1-15-9-20(15)21-8-6-19(30-21)11-26(18-4-5-18)24(27)16-3-7-22(23(10-16)28-2)29-12-17-13-31-14-25-17/h3,6-8,10,13-15,18,20H,4-5,9,11-12H2,1-2H3. The SMILES string of the molecule is COc1cc(C(=O)N(Cc2ccc(C3CC3C)o2)C2CC2)ccc1OCc1cscn1. The molecule has 2 fully saturated rings. The van der Waals surface area contributed by atoms with Crippen LogP contribution in [0.5, 0.6) is 11.5 Å². The average molecular weight is 439 g/mol. The van der Waals surface area contributed by atoms with Gasteiger partial charge in [0.1, 0.15) is 18.1 Å². The predicted molar refractivity (Wildman–Crippen MR) is 118 cm³/mol. The molecule has 0 saturated heterocycles. The van der Waals surface area contributed by atoms with Gasteiger partial charge in [-0.05, 0) is 55.5 Å². The number of ether oxygens (including phenoxy) is 2. The number of amides is 1. The van der Waals surface area contributed by atoms with Crippen molar-refractivity contribution in [1.82, 2.24) is 9.88 Å². The number of carbonyl (C=O) groups is 1. The largest absolute Gasteiger partial charge is 0.493 e. The normalized spacial score (nSPS) is 19.8. The first-order valence-corrected chi connectivity index (χ1v) is 11.6. The Morgan fingerprint density at radius 2 is 2.10 bits per heavy atom. The fourth-order valence-corrected chi connectivity index (χ4v) is 4.41. The van der Waals surface area contributed by atoms with Gasteiger partial charge in [0, 0.05) is 22.9 Å². The third-order valence-electron chi connectivity index (χ3n) is 6.00. The minimum absolute atomic E-state index is 0.00964. The van der Waals surface area contributed by atoms with Crippen LogP contribution in [0, 0.1) is 5.92 Å². The quantitative estimate of drug-likeness (QED) is 0.456. The molecule has 6 nitrogen and oxygen atoms in total. The van der Waals surface area contributed by atoms with Crippen molar-refractivity contribution in [3.05, 3.63) is 64.0 Å². The van der Waals surface area contributed by atoms with Crippen LogP contribution >= 0.6 is 11.3 Å². The first-order valence-electron chi connectivity index (χ1n) is 10.7. The zero-order valence-corrected chi connectivity index (χ0v) is 18.6. The molecule has 1 aromatic carbocycles. The topological polar surface area (TPSA) is 64.8 Å². The highest BCUT2D eigenvalue weighted by molar-refractivity contribution is 7.07. The van der Waals surface area contributed by atoms with E-state index >= 15 is 0 Å². The monoisotopic (exact) mass is 438 g/mol. The number of rotatable bonds is 9. The first kappa shape index (κ1) is 20.1. The highest BCUT2D eigenvalue weighted by Crippen LogP contribution is 2.47. The van der Waals surface area contributed by atoms with Crippen LogP contribution in [0.2, 0.25) is 0 Å². The van der Waals surface area contributed by atoms with Crippen molar-refractivity contribution >= 4 is 17.2 Å². The molecule has 0 N–H and O–H groups in total. The van der Waals surface area contributed by atoms with E-state index in [1.165, 1.54) is 17.8 Å². The predicted octanol–water partition coefficient (Wildman–Crippen LogP) is 5.25. The van der Waals surface area contributed by atoms with Crippen LogP contribution in [0.1, 0.15) is 59.7 Å². The van der Waals surface area contributed by atoms with E-state index in [0.29, 0.717) is 42.0 Å². The number of thiazole rings is 1. The first-order chi connectivity index (χ1) is 15.1. The number of carbonyl (C=O) groups excluding carboxylic acids is 1. The third kappa shape index (κ3) is 4.46. The Labute approximate surface area is 185 Å². The Morgan fingerprint density at radius 3 is 2.77 bits per heavy atom. The van der Waals surface area contributed by atoms with Gasteiger partial charge in [-0.2, -0.15) is 0 Å². The van der Waals surface area contributed by atoms with E-state index < -0.39 is 0 Å². The zero-order chi connectivity index (χ0) is 21.4. The van der Waals surface area contributed by atoms with E-state index in [4.69, 9.17) is 13.9 Å². The summed E-state index contributed by atoms with van der Waals surface area (Å²) in [6.07, 6.45) is 3.25. The van der Waals surface area contributed by atoms with Crippen molar-refractivity contribution in [2.45, 2.75) is 51.3 Å². The van der Waals surface area contributed by atoms with Gasteiger partial charge in [0.2, 0.25) is 0 Å². The maximum Gasteiger partial charge on any atom is 0.254 e. The van der Waals surface area contributed by atoms with Crippen molar-refractivity contribution in [3.63, 3.8) is 0 Å². The van der Waals surface area contributed by atoms with Crippen LogP contribution in [-0.2, 0) is 13.2 Å². The molecule has 3 aromatic rings. The molecular formula is C24H26N2O4S. The molecule has 0 bridgehead atoms. The average Bonchev–Trinajstić information content (AvgIpc) is 3.64. The Bertz CT molecular complexity index is 1060. The van der Waals surface area contributed by atoms with Crippen LogP contribution in [0.15, 0.2) is 45.6 Å². The number of nitrogens with zero attached hydrogens (tertiary/aromatic N) is 2. The molecule has 0 spiro atoms. The Morgan fingerprint density at radius 1 is 1.26 bits per heavy atom. The van der Waals surface area contributed by atoms with Gasteiger partial charge >= 0.3 is 0 Å². The lowest BCUT2D eigenvalue weighted by Gasteiger charge is -2.22. The lowest BCUT2D eigenvalue weighted by Crippen LogP contribution is -2.32. The second-order valence-corrected chi connectivity index (χ2v) is 9.14. The summed E-state index contributed by atoms with van der Waals surface area (Å²) < 4.78 is 17.4. The van der Waals surface area contributed by atoms with Crippen molar-refractivity contribution in [3.8, 4) is 11.5 Å². The number of hydrogen-bond acceptors (Lipinski definition) is 6. The molecule has 2 heterocycles. The summed E-state index contributed by atoms with van der Waals surface area (Å²) in [6.45, 7) is 3.10. The summed E-state index contributed by atoms with van der Waals surface area (Å²) >= 11 is 1.53. The number of hydrogen-bond donors (Lipinski definition) is 0. The van der Waals surface area contributed by atoms with E-state index in [0.717, 1.165) is 30.1 Å². The van der Waals surface area contributed by atoms with Gasteiger partial charge in [0.25, 0.3) is 5.91 Å². The van der Waals surface area contributed by atoms with Gasteiger partial charge < -0.3 is 18.8 Å². The molecule has 31 heavy (non-hydrogen) atoms. The molecule has 0 aliphatic heterocycles. The number of aromatic nitrogens is 1. The lowest BCUT2D eigenvalue weighted by atomic mass is 10.1. The van der Waals surface area contributed by atoms with Gasteiger partial charge in [-0.3, -0.25) is 4.79 Å². The van der Waals surface area contributed by atoms with E-state index in [-0.39, 0.29) is 11.9 Å². The molecule has 0 radical (unpaired) electrons. The summed E-state index contributed by atoms with van der Waals surface area (Å²) in [5.41, 5.74) is 3.23. The van der Waals surface area contributed by atoms with Crippen LogP contribution in [0.4, 0.5) is 0 Å². The maximum absolute atomic E-state index is 13.3. The molecule has 2 aromatic heterocycles. The lowest BCUT2D eigenvalue weighted by molar-refractivity contribution is 0.0716. The molecule has 2 unspecified atom stereocenters. The van der Waals surface area contributed by atoms with Crippen molar-refractivity contribution in [2.75, 3.05) is 7.11 Å². The zero-order valence-electron chi connectivity index (χ0n) is 17.7. The summed E-state index contributed by atoms with van der Waals surface area (Å²) in [5, 5.41) is 1.95. The fraction of sp³-hybridized carbons (Fsp3) is 0.417. The highest BCUT2D eigenvalue weighted by atomic mass is 32.1. The maximum atomic E-state index is 13.3. The molecule has 2 aliphatic rings. The molecule has 2 aliphatic carbocycles. The van der Waals surface area contributed by atoms with Gasteiger partial charge in [0.05, 0.1) is 24.9 Å². The summed E-state index contributed by atoms with van der Waals surface area (Å²) in [4.78, 5) is 19.5. The van der Waals surface area contributed by atoms with Gasteiger partial charge in [-0.25, -0.2) is 4.98 Å². The fourth-order valence-electron chi connectivity index (χ4n) is 3.86. The van der Waals surface area contributed by atoms with Crippen molar-refractivity contribution in [1.29, 1.82) is 0 Å². The Kier molecular flexibility index (Phi) is 5.44. The Balaban J connectivity index is 1.30. The third-order valence-corrected chi connectivity index (χ3v) is 6.64. The van der Waals surface area contributed by atoms with Gasteiger partial charge in [0.15, 0.2) is 11.5 Å². The molecule has 5 rings (SSSR count). The number of furan rings is 1. The van der Waals surface area contributed by atoms with Crippen LogP contribution < -0.4 is 9.47 Å². The Hall–Kier alpha value is -2.80. The van der Waals surface area contributed by atoms with Crippen LogP contribution in [-0.4, -0.2) is 28.9 Å². The van der Waals surface area contributed by atoms with E-state index in [1.807, 2.05) is 16.3 Å². The van der Waals surface area contributed by atoms with Crippen molar-refractivity contribution < 1.29 is 18.7 Å². The van der Waals surface area contributed by atoms with Crippen LogP contribution in [0.25, 0.3) is 0 Å². The van der Waals surface area contributed by atoms with E-state index in [2.05, 4.69) is 18.0 Å². The number of methoxy groups -OCH3 is 1. The highest BCUT2D eigenvalue weighted by Gasteiger charge is 2.38. The number of benzene rings is 1. The summed E-state index contributed by atoms with van der Waals surface area (Å²) in [5.74, 6) is 4.27. The van der Waals surface area contributed by atoms with E-state index in [9.17, 15) is 4.79 Å². The molecule has 2 atom stereocenters. The molecule has 7 heteroatoms. The molecule has 1 amide bonds. The smallest absolute Gasteiger partial charge is 0.254 e. The van der Waals surface area contributed by atoms with Crippen LogP contribution in [0.3, 0.4) is 0 Å². The summed E-state index contributed by atoms with van der Waals surface area (Å²) in [7, 11) is 1.58. The minimum Gasteiger partial charge on any atom is -0.493 e. The van der Waals surface area contributed by atoms with Gasteiger partial charge in [-0.1, -0.05) is 6.92 Å². The second kappa shape index (κ2) is 8.38. The molecular weight excluding hydrogens is 412 g/mol. The second-order valence-electron chi connectivity index (χ2n) is 8.42. The summed E-state index contributed by atoms with van der Waals surface area (Å²) in [6, 6.07) is 9.70. The van der Waals surface area contributed by atoms with Crippen molar-refractivity contribution in [2.24, 2.45) is 5.92 Å². The molecule has 162 valence electrons. The van der Waals surface area contributed by atoms with Gasteiger partial charge in [-0.15, -0.1) is 11.3 Å². The minimum atomic E-state index is -0.00964.